The fraction of sp³-hybridized carbons (Fsp3) is 0.0909. The van der Waals surface area contributed by atoms with E-state index in [9.17, 15) is 9.18 Å². The van der Waals surface area contributed by atoms with Crippen LogP contribution in [0.5, 0.6) is 11.5 Å². The monoisotopic (exact) mass is 393 g/mol. The predicted octanol–water partition coefficient (Wildman–Crippen LogP) is 4.35. The quantitative estimate of drug-likeness (QED) is 0.460. The van der Waals surface area contributed by atoms with Gasteiger partial charge in [-0.15, -0.1) is 0 Å². The number of benzene rings is 2. The number of ether oxygens (including phenoxy) is 3. The van der Waals surface area contributed by atoms with Crippen LogP contribution in [0.25, 0.3) is 6.08 Å². The number of furan rings is 1. The molecule has 1 aliphatic heterocycles. The molecule has 0 fully saturated rings. The zero-order chi connectivity index (χ0) is 20.2. The van der Waals surface area contributed by atoms with E-state index < -0.39 is 5.97 Å². The zero-order valence-electron chi connectivity index (χ0n) is 15.4. The molecule has 0 unspecified atom stereocenters. The SMILES string of the molecule is COc1cc(/C=C2\N=C(c3ccco3)OC2=O)ccc1OCc1ccccc1F. The molecule has 0 N–H and O–H groups in total. The lowest BCUT2D eigenvalue weighted by Crippen LogP contribution is -2.04. The molecule has 1 aliphatic rings. The van der Waals surface area contributed by atoms with Crippen LogP contribution in [0.3, 0.4) is 0 Å². The van der Waals surface area contributed by atoms with Gasteiger partial charge in [0.25, 0.3) is 5.90 Å². The molecule has 2 heterocycles. The summed E-state index contributed by atoms with van der Waals surface area (Å²) >= 11 is 0. The molecular weight excluding hydrogens is 377 g/mol. The Morgan fingerprint density at radius 1 is 1.10 bits per heavy atom. The highest BCUT2D eigenvalue weighted by molar-refractivity contribution is 6.11. The first-order valence-corrected chi connectivity index (χ1v) is 8.75. The normalized spacial score (nSPS) is 14.6. The Morgan fingerprint density at radius 3 is 2.72 bits per heavy atom. The zero-order valence-corrected chi connectivity index (χ0v) is 15.4. The molecule has 146 valence electrons. The van der Waals surface area contributed by atoms with Gasteiger partial charge in [-0.2, -0.15) is 0 Å². The van der Waals surface area contributed by atoms with Crippen molar-refractivity contribution in [3.8, 4) is 11.5 Å². The molecule has 0 aliphatic carbocycles. The summed E-state index contributed by atoms with van der Waals surface area (Å²) in [7, 11) is 1.50. The lowest BCUT2D eigenvalue weighted by molar-refractivity contribution is -0.130. The van der Waals surface area contributed by atoms with Crippen molar-refractivity contribution < 1.29 is 27.8 Å². The van der Waals surface area contributed by atoms with E-state index in [1.165, 1.54) is 19.4 Å². The summed E-state index contributed by atoms with van der Waals surface area (Å²) in [4.78, 5) is 16.2. The van der Waals surface area contributed by atoms with Crippen molar-refractivity contribution >= 4 is 17.9 Å². The second-order valence-corrected chi connectivity index (χ2v) is 6.10. The van der Waals surface area contributed by atoms with Gasteiger partial charge < -0.3 is 18.6 Å². The highest BCUT2D eigenvalue weighted by Crippen LogP contribution is 2.30. The molecule has 1 aromatic heterocycles. The minimum absolute atomic E-state index is 0.0621. The van der Waals surface area contributed by atoms with E-state index in [0.717, 1.165) is 0 Å². The molecule has 2 aromatic carbocycles. The van der Waals surface area contributed by atoms with E-state index in [1.54, 1.807) is 54.6 Å². The summed E-state index contributed by atoms with van der Waals surface area (Å²) < 4.78 is 35.1. The van der Waals surface area contributed by atoms with Crippen LogP contribution in [-0.4, -0.2) is 19.0 Å². The number of halogens is 1. The summed E-state index contributed by atoms with van der Waals surface area (Å²) in [5, 5.41) is 0. The van der Waals surface area contributed by atoms with Crippen molar-refractivity contribution in [3.63, 3.8) is 0 Å². The van der Waals surface area contributed by atoms with Gasteiger partial charge in [0, 0.05) is 5.56 Å². The number of esters is 1. The third kappa shape index (κ3) is 4.03. The minimum atomic E-state index is -0.574. The molecular formula is C22H16FNO5. The number of cyclic esters (lactones) is 1. The molecule has 0 bridgehead atoms. The predicted molar refractivity (Wildman–Crippen MR) is 103 cm³/mol. The van der Waals surface area contributed by atoms with Crippen LogP contribution in [0.2, 0.25) is 0 Å². The molecule has 0 spiro atoms. The summed E-state index contributed by atoms with van der Waals surface area (Å²) in [6.45, 7) is 0.0621. The third-order valence-electron chi connectivity index (χ3n) is 4.18. The number of aliphatic imine (C=N–C) groups is 1. The van der Waals surface area contributed by atoms with Crippen LogP contribution >= 0.6 is 0 Å². The smallest absolute Gasteiger partial charge is 0.363 e. The fourth-order valence-corrected chi connectivity index (χ4v) is 2.74. The van der Waals surface area contributed by atoms with Crippen molar-refractivity contribution in [1.82, 2.24) is 0 Å². The van der Waals surface area contributed by atoms with Crippen molar-refractivity contribution in [1.29, 1.82) is 0 Å². The maximum Gasteiger partial charge on any atom is 0.363 e. The molecule has 0 saturated carbocycles. The van der Waals surface area contributed by atoms with Crippen molar-refractivity contribution in [2.45, 2.75) is 6.61 Å². The minimum Gasteiger partial charge on any atom is -0.493 e. The van der Waals surface area contributed by atoms with Crippen LogP contribution in [0.15, 0.2) is 76.0 Å². The Hall–Kier alpha value is -3.87. The topological polar surface area (TPSA) is 70.3 Å². The van der Waals surface area contributed by atoms with Crippen molar-refractivity contribution in [2.75, 3.05) is 7.11 Å². The van der Waals surface area contributed by atoms with E-state index >= 15 is 0 Å². The van der Waals surface area contributed by atoms with Crippen molar-refractivity contribution in [2.24, 2.45) is 4.99 Å². The molecule has 0 atom stereocenters. The van der Waals surface area contributed by atoms with Crippen LogP contribution < -0.4 is 9.47 Å². The highest BCUT2D eigenvalue weighted by Gasteiger charge is 2.25. The first-order valence-electron chi connectivity index (χ1n) is 8.75. The third-order valence-corrected chi connectivity index (χ3v) is 4.18. The van der Waals surface area contributed by atoms with Gasteiger partial charge in [-0.3, -0.25) is 0 Å². The number of rotatable bonds is 6. The average molecular weight is 393 g/mol. The lowest BCUT2D eigenvalue weighted by atomic mass is 10.1. The van der Waals surface area contributed by atoms with E-state index in [1.807, 2.05) is 0 Å². The Labute approximate surface area is 165 Å². The molecule has 7 heteroatoms. The standard InChI is InChI=1S/C22H16FNO5/c1-26-20-12-14(8-9-18(20)28-13-15-5-2-3-6-16(15)23)11-17-22(25)29-21(24-17)19-7-4-10-27-19/h2-12H,13H2,1H3/b17-11-. The van der Waals surface area contributed by atoms with Gasteiger partial charge in [-0.1, -0.05) is 24.3 Å². The second kappa shape index (κ2) is 8.02. The van der Waals surface area contributed by atoms with Gasteiger partial charge in [0.15, 0.2) is 23.0 Å². The molecule has 0 amide bonds. The van der Waals surface area contributed by atoms with Gasteiger partial charge in [0.05, 0.1) is 13.4 Å². The first-order chi connectivity index (χ1) is 14.1. The number of carbonyl (C=O) groups excluding carboxylic acids is 1. The summed E-state index contributed by atoms with van der Waals surface area (Å²) in [6, 6.07) is 14.8. The molecule has 4 rings (SSSR count). The molecule has 29 heavy (non-hydrogen) atoms. The van der Waals surface area contributed by atoms with Crippen LogP contribution in [-0.2, 0) is 16.1 Å². The maximum absolute atomic E-state index is 13.8. The Bertz CT molecular complexity index is 1100. The Balaban J connectivity index is 1.54. The van der Waals surface area contributed by atoms with Gasteiger partial charge in [-0.25, -0.2) is 14.2 Å². The largest absolute Gasteiger partial charge is 0.493 e. The average Bonchev–Trinajstić information content (AvgIpc) is 3.38. The van der Waals surface area contributed by atoms with Crippen molar-refractivity contribution in [3.05, 3.63) is 89.3 Å². The van der Waals surface area contributed by atoms with Crippen LogP contribution in [0.4, 0.5) is 4.39 Å². The van der Waals surface area contributed by atoms with Gasteiger partial charge in [0.2, 0.25) is 0 Å². The molecule has 3 aromatic rings. The lowest BCUT2D eigenvalue weighted by Gasteiger charge is -2.12. The van der Waals surface area contributed by atoms with Crippen LogP contribution in [0.1, 0.15) is 16.9 Å². The van der Waals surface area contributed by atoms with Crippen LogP contribution in [0, 0.1) is 5.82 Å². The van der Waals surface area contributed by atoms with Gasteiger partial charge >= 0.3 is 5.97 Å². The first kappa shape index (κ1) is 18.5. The maximum atomic E-state index is 13.8. The van der Waals surface area contributed by atoms with E-state index in [0.29, 0.717) is 28.4 Å². The highest BCUT2D eigenvalue weighted by atomic mass is 19.1. The molecule has 6 nitrogen and oxygen atoms in total. The number of nitrogens with zero attached hydrogens (tertiary/aromatic N) is 1. The number of methoxy groups -OCH3 is 1. The van der Waals surface area contributed by atoms with E-state index in [4.69, 9.17) is 18.6 Å². The fourth-order valence-electron chi connectivity index (χ4n) is 2.74. The second-order valence-electron chi connectivity index (χ2n) is 6.10. The summed E-state index contributed by atoms with van der Waals surface area (Å²) in [5.41, 5.74) is 1.24. The van der Waals surface area contributed by atoms with E-state index in [2.05, 4.69) is 4.99 Å². The Kier molecular flexibility index (Phi) is 5.11. The molecule has 0 radical (unpaired) electrons. The number of hydrogen-bond acceptors (Lipinski definition) is 6. The summed E-state index contributed by atoms with van der Waals surface area (Å²) in [5.74, 6) is 0.469. The Morgan fingerprint density at radius 2 is 1.97 bits per heavy atom. The number of carbonyl (C=O) groups is 1. The van der Waals surface area contributed by atoms with E-state index in [-0.39, 0.29) is 24.0 Å². The van der Waals surface area contributed by atoms with Gasteiger partial charge in [-0.05, 0) is 42.0 Å². The summed E-state index contributed by atoms with van der Waals surface area (Å²) in [6.07, 6.45) is 3.04. The molecule has 0 saturated heterocycles. The number of hydrogen-bond donors (Lipinski definition) is 0. The van der Waals surface area contributed by atoms with Gasteiger partial charge in [0.1, 0.15) is 12.4 Å².